The van der Waals surface area contributed by atoms with Crippen molar-refractivity contribution in [1.82, 2.24) is 10.2 Å². The Morgan fingerprint density at radius 1 is 1.00 bits per heavy atom. The van der Waals surface area contributed by atoms with Gasteiger partial charge >= 0.3 is 11.8 Å². The molecule has 2 aromatic carbocycles. The van der Waals surface area contributed by atoms with Gasteiger partial charge in [0.2, 0.25) is 0 Å². The van der Waals surface area contributed by atoms with Gasteiger partial charge in [-0.05, 0) is 80.4 Å². The van der Waals surface area contributed by atoms with E-state index < -0.39 is 11.8 Å². The maximum absolute atomic E-state index is 12.6. The highest BCUT2D eigenvalue weighted by Gasteiger charge is 2.26. The fraction of sp³-hybridized carbons (Fsp3) is 0.462. The molecule has 2 aliphatic heterocycles. The lowest BCUT2D eigenvalue weighted by atomic mass is 9.95. The van der Waals surface area contributed by atoms with Gasteiger partial charge in [0.05, 0.1) is 6.04 Å². The molecule has 1 atom stereocenters. The molecule has 176 valence electrons. The van der Waals surface area contributed by atoms with Gasteiger partial charge in [0, 0.05) is 36.4 Å². The van der Waals surface area contributed by atoms with Crippen molar-refractivity contribution in [2.75, 3.05) is 49.7 Å². The zero-order chi connectivity index (χ0) is 23.2. The van der Waals surface area contributed by atoms with Crippen LogP contribution in [0.25, 0.3) is 0 Å². The number of amides is 2. The first-order valence-corrected chi connectivity index (χ1v) is 13.1. The summed E-state index contributed by atoms with van der Waals surface area (Å²) in [6.45, 7) is 3.55. The summed E-state index contributed by atoms with van der Waals surface area (Å²) in [4.78, 5) is 31.0. The number of piperidine rings is 1. The highest BCUT2D eigenvalue weighted by molar-refractivity contribution is 7.98. The van der Waals surface area contributed by atoms with Crippen LogP contribution in [0, 0.1) is 0 Å². The number of carbonyl (C=O) groups is 2. The van der Waals surface area contributed by atoms with Gasteiger partial charge in [-0.1, -0.05) is 24.6 Å². The summed E-state index contributed by atoms with van der Waals surface area (Å²) in [5, 5.41) is 5.63. The number of hydrogen-bond donors (Lipinski definition) is 2. The fourth-order valence-corrected chi connectivity index (χ4v) is 5.32. The van der Waals surface area contributed by atoms with Crippen LogP contribution in [0.1, 0.15) is 42.9 Å². The van der Waals surface area contributed by atoms with E-state index in [4.69, 9.17) is 0 Å². The number of nitrogens with zero attached hydrogens (tertiary/aromatic N) is 2. The second-order valence-corrected chi connectivity index (χ2v) is 9.80. The van der Waals surface area contributed by atoms with E-state index in [1.54, 1.807) is 17.8 Å². The maximum Gasteiger partial charge on any atom is 0.313 e. The van der Waals surface area contributed by atoms with Crippen molar-refractivity contribution in [1.29, 1.82) is 0 Å². The monoisotopic (exact) mass is 466 g/mol. The lowest BCUT2D eigenvalue weighted by molar-refractivity contribution is -0.136. The zero-order valence-electron chi connectivity index (χ0n) is 19.6. The molecule has 4 rings (SSSR count). The first-order valence-electron chi connectivity index (χ1n) is 11.9. The third-order valence-corrected chi connectivity index (χ3v) is 7.39. The second kappa shape index (κ2) is 11.1. The van der Waals surface area contributed by atoms with Gasteiger partial charge in [-0.25, -0.2) is 0 Å². The van der Waals surface area contributed by atoms with E-state index in [2.05, 4.69) is 45.7 Å². The summed E-state index contributed by atoms with van der Waals surface area (Å²) in [6.07, 6.45) is 7.82. The second-order valence-electron chi connectivity index (χ2n) is 8.92. The van der Waals surface area contributed by atoms with E-state index in [0.29, 0.717) is 12.2 Å². The molecule has 1 saturated heterocycles. The van der Waals surface area contributed by atoms with E-state index in [1.807, 2.05) is 24.5 Å². The van der Waals surface area contributed by atoms with E-state index in [0.717, 1.165) is 37.4 Å². The van der Waals surface area contributed by atoms with Gasteiger partial charge in [0.25, 0.3) is 0 Å². The number of benzene rings is 2. The molecule has 0 saturated carbocycles. The van der Waals surface area contributed by atoms with E-state index in [-0.39, 0.29) is 6.04 Å². The molecule has 33 heavy (non-hydrogen) atoms. The van der Waals surface area contributed by atoms with Gasteiger partial charge in [-0.15, -0.1) is 11.8 Å². The van der Waals surface area contributed by atoms with Crippen molar-refractivity contribution in [3.63, 3.8) is 0 Å². The summed E-state index contributed by atoms with van der Waals surface area (Å²) in [7, 11) is 2.15. The number of likely N-dealkylation sites (tertiary alicyclic amines) is 1. The smallest absolute Gasteiger partial charge is 0.313 e. The molecule has 2 heterocycles. The predicted molar refractivity (Wildman–Crippen MR) is 136 cm³/mol. The Hall–Kier alpha value is -2.51. The molecule has 2 amide bonds. The summed E-state index contributed by atoms with van der Waals surface area (Å²) < 4.78 is 0. The number of carbonyl (C=O) groups excluding carboxylic acids is 2. The minimum atomic E-state index is -0.627. The third-order valence-electron chi connectivity index (χ3n) is 6.66. The van der Waals surface area contributed by atoms with Crippen LogP contribution in [-0.4, -0.2) is 56.2 Å². The van der Waals surface area contributed by atoms with Crippen molar-refractivity contribution < 1.29 is 9.59 Å². The lowest BCUT2D eigenvalue weighted by Gasteiger charge is -2.36. The molecule has 2 aliphatic rings. The number of nitrogens with one attached hydrogen (secondary N) is 2. The van der Waals surface area contributed by atoms with Crippen LogP contribution in [0.2, 0.25) is 0 Å². The van der Waals surface area contributed by atoms with Gasteiger partial charge in [0.1, 0.15) is 0 Å². The van der Waals surface area contributed by atoms with Crippen molar-refractivity contribution in [2.24, 2.45) is 0 Å². The van der Waals surface area contributed by atoms with Gasteiger partial charge in [-0.2, -0.15) is 0 Å². The summed E-state index contributed by atoms with van der Waals surface area (Å²) in [5.74, 6) is -1.22. The average molecular weight is 467 g/mol. The van der Waals surface area contributed by atoms with Crippen LogP contribution in [0.15, 0.2) is 47.4 Å². The Morgan fingerprint density at radius 2 is 1.82 bits per heavy atom. The third kappa shape index (κ3) is 5.89. The predicted octanol–water partition coefficient (Wildman–Crippen LogP) is 4.07. The summed E-state index contributed by atoms with van der Waals surface area (Å²) in [6, 6.07) is 14.3. The van der Waals surface area contributed by atoms with Crippen molar-refractivity contribution in [2.45, 2.75) is 43.0 Å². The molecule has 2 aromatic rings. The summed E-state index contributed by atoms with van der Waals surface area (Å²) >= 11 is 1.60. The van der Waals surface area contributed by atoms with Crippen molar-refractivity contribution >= 4 is 35.0 Å². The van der Waals surface area contributed by atoms with E-state index >= 15 is 0 Å². The van der Waals surface area contributed by atoms with E-state index in [1.165, 1.54) is 36.1 Å². The normalized spacial score (nSPS) is 17.2. The van der Waals surface area contributed by atoms with Crippen LogP contribution < -0.4 is 15.5 Å². The molecular formula is C26H34N4O2S. The number of anilines is 2. The van der Waals surface area contributed by atoms with Crippen LogP contribution in [0.4, 0.5) is 11.4 Å². The quantitative estimate of drug-likeness (QED) is 0.496. The van der Waals surface area contributed by atoms with Crippen LogP contribution >= 0.6 is 11.8 Å². The highest BCUT2D eigenvalue weighted by atomic mass is 32.2. The maximum atomic E-state index is 12.6. The first-order chi connectivity index (χ1) is 16.0. The fourth-order valence-electron chi connectivity index (χ4n) is 4.86. The highest BCUT2D eigenvalue weighted by Crippen LogP contribution is 2.31. The first kappa shape index (κ1) is 23.6. The molecular weight excluding hydrogens is 432 g/mol. The number of aryl methyl sites for hydroxylation is 1. The number of thioether (sulfide) groups is 1. The molecule has 2 N–H and O–H groups in total. The van der Waals surface area contributed by atoms with Crippen molar-refractivity contribution in [3.05, 3.63) is 53.6 Å². The lowest BCUT2D eigenvalue weighted by Crippen LogP contribution is -2.43. The SMILES string of the molecule is CSc1cccc(NC(=O)C(=O)NC[C@H](c2ccc3c(c2)CCCN3C)N2CCCCC2)c1. The Labute approximate surface area is 201 Å². The Balaban J connectivity index is 1.45. The molecule has 0 radical (unpaired) electrons. The van der Waals surface area contributed by atoms with E-state index in [9.17, 15) is 9.59 Å². The Bertz CT molecular complexity index is 990. The zero-order valence-corrected chi connectivity index (χ0v) is 20.4. The Kier molecular flexibility index (Phi) is 7.93. The minimum Gasteiger partial charge on any atom is -0.374 e. The largest absolute Gasteiger partial charge is 0.374 e. The topological polar surface area (TPSA) is 64.7 Å². The molecule has 7 heteroatoms. The number of fused-ring (bicyclic) bond motifs is 1. The number of hydrogen-bond acceptors (Lipinski definition) is 5. The van der Waals surface area contributed by atoms with Crippen LogP contribution in [0.3, 0.4) is 0 Å². The van der Waals surface area contributed by atoms with Gasteiger partial charge in [-0.3, -0.25) is 14.5 Å². The van der Waals surface area contributed by atoms with Gasteiger partial charge < -0.3 is 15.5 Å². The number of rotatable bonds is 6. The molecule has 0 aliphatic carbocycles. The van der Waals surface area contributed by atoms with Crippen LogP contribution in [-0.2, 0) is 16.0 Å². The average Bonchev–Trinajstić information content (AvgIpc) is 2.85. The molecule has 0 unspecified atom stereocenters. The van der Waals surface area contributed by atoms with Crippen LogP contribution in [0.5, 0.6) is 0 Å². The Morgan fingerprint density at radius 3 is 2.61 bits per heavy atom. The molecule has 6 nitrogen and oxygen atoms in total. The molecule has 0 bridgehead atoms. The summed E-state index contributed by atoms with van der Waals surface area (Å²) in [5.41, 5.74) is 4.53. The minimum absolute atomic E-state index is 0.0689. The van der Waals surface area contributed by atoms with Gasteiger partial charge in [0.15, 0.2) is 0 Å². The molecule has 1 fully saturated rings. The van der Waals surface area contributed by atoms with Crippen molar-refractivity contribution in [3.8, 4) is 0 Å². The molecule has 0 aromatic heterocycles. The standard InChI is InChI=1S/C26H34N4O2S/c1-29-13-7-8-19-16-20(11-12-23(19)29)24(30-14-4-3-5-15-30)18-27-25(31)26(32)28-21-9-6-10-22(17-21)33-2/h6,9-12,16-17,24H,3-5,7-8,13-15,18H2,1-2H3,(H,27,31)(H,28,32)/t24-/m1/s1. The molecule has 0 spiro atoms.